The van der Waals surface area contributed by atoms with Crippen molar-refractivity contribution in [3.63, 3.8) is 0 Å². The molecule has 0 spiro atoms. The highest BCUT2D eigenvalue weighted by Crippen LogP contribution is 2.62. The summed E-state index contributed by atoms with van der Waals surface area (Å²) in [7, 11) is 0. The summed E-state index contributed by atoms with van der Waals surface area (Å²) in [6.45, 7) is 11.0. The molecule has 0 bridgehead atoms. The van der Waals surface area contributed by atoms with Crippen molar-refractivity contribution < 1.29 is 14.6 Å². The minimum Gasteiger partial charge on any atom is -0.466 e. The molecule has 122 valence electrons. The van der Waals surface area contributed by atoms with E-state index in [-0.39, 0.29) is 17.3 Å². The van der Waals surface area contributed by atoms with Gasteiger partial charge in [0.25, 0.3) is 0 Å². The van der Waals surface area contributed by atoms with E-state index in [0.717, 1.165) is 19.3 Å². The normalized spacial score (nSPS) is 42.2. The predicted octanol–water partition coefficient (Wildman–Crippen LogP) is 3.93. The number of esters is 1. The van der Waals surface area contributed by atoms with Gasteiger partial charge in [0.15, 0.2) is 0 Å². The lowest BCUT2D eigenvalue weighted by Crippen LogP contribution is -2.57. The number of rotatable bonds is 3. The molecule has 0 aliphatic heterocycles. The SMILES string of the molecule is CC(=O)OCC[C@H]1[C@@](C)(O)CCC2C(C)(C)CCC[C@@]21C. The van der Waals surface area contributed by atoms with Crippen LogP contribution in [0.1, 0.15) is 73.1 Å². The minimum absolute atomic E-state index is 0.156. The summed E-state index contributed by atoms with van der Waals surface area (Å²) < 4.78 is 5.16. The molecule has 2 fully saturated rings. The van der Waals surface area contributed by atoms with Crippen LogP contribution in [0.25, 0.3) is 0 Å². The minimum atomic E-state index is -0.640. The van der Waals surface area contributed by atoms with Gasteiger partial charge in [0.1, 0.15) is 0 Å². The Kier molecular flexibility index (Phi) is 4.45. The fraction of sp³-hybridized carbons (Fsp3) is 0.944. The molecule has 0 saturated heterocycles. The molecule has 2 saturated carbocycles. The second kappa shape index (κ2) is 5.57. The molecule has 21 heavy (non-hydrogen) atoms. The molecule has 0 amide bonds. The molecule has 0 heterocycles. The molecule has 3 heteroatoms. The highest BCUT2D eigenvalue weighted by atomic mass is 16.5. The van der Waals surface area contributed by atoms with Crippen LogP contribution < -0.4 is 0 Å². The smallest absolute Gasteiger partial charge is 0.302 e. The topological polar surface area (TPSA) is 46.5 Å². The van der Waals surface area contributed by atoms with Crippen LogP contribution in [-0.2, 0) is 9.53 Å². The second-order valence-electron chi connectivity index (χ2n) is 8.48. The zero-order valence-electron chi connectivity index (χ0n) is 14.4. The van der Waals surface area contributed by atoms with Crippen molar-refractivity contribution in [3.05, 3.63) is 0 Å². The maximum absolute atomic E-state index is 11.0. The number of hydrogen-bond acceptors (Lipinski definition) is 3. The Morgan fingerprint density at radius 3 is 2.48 bits per heavy atom. The van der Waals surface area contributed by atoms with Gasteiger partial charge in [0.2, 0.25) is 0 Å². The van der Waals surface area contributed by atoms with Crippen LogP contribution in [0.15, 0.2) is 0 Å². The number of carbonyl (C=O) groups excluding carboxylic acids is 1. The maximum Gasteiger partial charge on any atom is 0.302 e. The third-order valence-corrected chi connectivity index (χ3v) is 6.47. The Morgan fingerprint density at radius 2 is 1.86 bits per heavy atom. The largest absolute Gasteiger partial charge is 0.466 e. The van der Waals surface area contributed by atoms with E-state index in [1.165, 1.54) is 26.2 Å². The number of aliphatic hydroxyl groups is 1. The summed E-state index contributed by atoms with van der Waals surface area (Å²) >= 11 is 0. The van der Waals surface area contributed by atoms with Crippen molar-refractivity contribution in [3.8, 4) is 0 Å². The van der Waals surface area contributed by atoms with Gasteiger partial charge in [-0.25, -0.2) is 0 Å². The van der Waals surface area contributed by atoms with Crippen LogP contribution in [0, 0.1) is 22.7 Å². The van der Waals surface area contributed by atoms with Gasteiger partial charge in [-0.15, -0.1) is 0 Å². The van der Waals surface area contributed by atoms with Crippen molar-refractivity contribution in [1.29, 1.82) is 0 Å². The molecule has 4 atom stereocenters. The Morgan fingerprint density at radius 1 is 1.19 bits per heavy atom. The number of ether oxygens (including phenoxy) is 1. The van der Waals surface area contributed by atoms with Crippen LogP contribution >= 0.6 is 0 Å². The summed E-state index contributed by atoms with van der Waals surface area (Å²) in [5.41, 5.74) is -0.133. The van der Waals surface area contributed by atoms with E-state index in [1.54, 1.807) is 0 Å². The molecule has 0 aromatic heterocycles. The lowest BCUT2D eigenvalue weighted by atomic mass is 9.45. The first-order chi connectivity index (χ1) is 9.59. The third kappa shape index (κ3) is 3.13. The van der Waals surface area contributed by atoms with Crippen molar-refractivity contribution in [2.75, 3.05) is 6.61 Å². The average Bonchev–Trinajstić information content (AvgIpc) is 2.31. The van der Waals surface area contributed by atoms with Gasteiger partial charge < -0.3 is 9.84 Å². The van der Waals surface area contributed by atoms with E-state index in [0.29, 0.717) is 17.9 Å². The molecule has 3 nitrogen and oxygen atoms in total. The van der Waals surface area contributed by atoms with Gasteiger partial charge >= 0.3 is 5.97 Å². The molecule has 0 aromatic rings. The van der Waals surface area contributed by atoms with E-state index >= 15 is 0 Å². The summed E-state index contributed by atoms with van der Waals surface area (Å²) in [6.07, 6.45) is 6.45. The van der Waals surface area contributed by atoms with Gasteiger partial charge in [-0.1, -0.05) is 27.2 Å². The third-order valence-electron chi connectivity index (χ3n) is 6.47. The van der Waals surface area contributed by atoms with Gasteiger partial charge in [0.05, 0.1) is 12.2 Å². The lowest BCUT2D eigenvalue weighted by molar-refractivity contribution is -0.175. The fourth-order valence-electron chi connectivity index (χ4n) is 5.59. The van der Waals surface area contributed by atoms with Crippen LogP contribution in [0.2, 0.25) is 0 Å². The Balaban J connectivity index is 2.22. The lowest BCUT2D eigenvalue weighted by Gasteiger charge is -2.61. The second-order valence-corrected chi connectivity index (χ2v) is 8.48. The van der Waals surface area contributed by atoms with Crippen LogP contribution in [0.5, 0.6) is 0 Å². The summed E-state index contributed by atoms with van der Waals surface area (Å²) in [4.78, 5) is 11.0. The molecule has 1 unspecified atom stereocenters. The molecular formula is C18H32O3. The number of hydrogen-bond donors (Lipinski definition) is 1. The van der Waals surface area contributed by atoms with Crippen molar-refractivity contribution >= 4 is 5.97 Å². The van der Waals surface area contributed by atoms with Gasteiger partial charge in [0, 0.05) is 6.92 Å². The van der Waals surface area contributed by atoms with E-state index in [2.05, 4.69) is 20.8 Å². The Labute approximate surface area is 129 Å². The van der Waals surface area contributed by atoms with E-state index in [9.17, 15) is 9.90 Å². The zero-order valence-corrected chi connectivity index (χ0v) is 14.4. The average molecular weight is 296 g/mol. The molecule has 0 radical (unpaired) electrons. The summed E-state index contributed by atoms with van der Waals surface area (Å²) in [5.74, 6) is 0.639. The van der Waals surface area contributed by atoms with Gasteiger partial charge in [-0.05, 0) is 61.7 Å². The highest BCUT2D eigenvalue weighted by molar-refractivity contribution is 5.65. The maximum atomic E-state index is 11.0. The molecule has 0 aromatic carbocycles. The van der Waals surface area contributed by atoms with Crippen LogP contribution in [0.3, 0.4) is 0 Å². The summed E-state index contributed by atoms with van der Waals surface area (Å²) in [6, 6.07) is 0. The molecule has 2 aliphatic carbocycles. The number of fused-ring (bicyclic) bond motifs is 1. The first-order valence-corrected chi connectivity index (χ1v) is 8.45. The quantitative estimate of drug-likeness (QED) is 0.803. The monoisotopic (exact) mass is 296 g/mol. The fourth-order valence-corrected chi connectivity index (χ4v) is 5.59. The Bertz CT molecular complexity index is 399. The Hall–Kier alpha value is -0.570. The van der Waals surface area contributed by atoms with Crippen molar-refractivity contribution in [2.45, 2.75) is 78.7 Å². The van der Waals surface area contributed by atoms with Crippen LogP contribution in [0.4, 0.5) is 0 Å². The zero-order chi connectivity index (χ0) is 15.9. The van der Waals surface area contributed by atoms with Gasteiger partial charge in [-0.3, -0.25) is 4.79 Å². The van der Waals surface area contributed by atoms with E-state index < -0.39 is 5.60 Å². The molecule has 2 aliphatic rings. The van der Waals surface area contributed by atoms with Crippen LogP contribution in [-0.4, -0.2) is 23.3 Å². The number of carbonyl (C=O) groups is 1. The first kappa shape index (κ1) is 16.8. The highest BCUT2D eigenvalue weighted by Gasteiger charge is 2.57. The van der Waals surface area contributed by atoms with Gasteiger partial charge in [-0.2, -0.15) is 0 Å². The first-order valence-electron chi connectivity index (χ1n) is 8.45. The molecule has 2 rings (SSSR count). The summed E-state index contributed by atoms with van der Waals surface area (Å²) in [5, 5.41) is 10.9. The van der Waals surface area contributed by atoms with Crippen molar-refractivity contribution in [2.24, 2.45) is 22.7 Å². The van der Waals surface area contributed by atoms with Crippen molar-refractivity contribution in [1.82, 2.24) is 0 Å². The predicted molar refractivity (Wildman–Crippen MR) is 83.8 cm³/mol. The molecular weight excluding hydrogens is 264 g/mol. The molecule has 1 N–H and O–H groups in total. The standard InChI is InChI=1S/C18H32O3/c1-13(19)21-12-8-15-17(4)10-6-9-16(2,3)14(17)7-11-18(15,5)20/h14-15,20H,6-12H2,1-5H3/t14?,15-,17+,18+/m1/s1. The van der Waals surface area contributed by atoms with E-state index in [4.69, 9.17) is 4.74 Å². The van der Waals surface area contributed by atoms with E-state index in [1.807, 2.05) is 6.92 Å².